The lowest BCUT2D eigenvalue weighted by atomic mass is 10.1. The van der Waals surface area contributed by atoms with Crippen LogP contribution in [0.1, 0.15) is 11.7 Å². The predicted molar refractivity (Wildman–Crippen MR) is 108 cm³/mol. The monoisotopic (exact) mass is 376 g/mol. The van der Waals surface area contributed by atoms with Gasteiger partial charge in [0.25, 0.3) is 0 Å². The molecule has 0 saturated heterocycles. The molecular weight excluding hydrogens is 360 g/mol. The second-order valence-corrected chi connectivity index (χ2v) is 6.53. The third-order valence-electron chi connectivity index (χ3n) is 4.26. The van der Waals surface area contributed by atoms with Gasteiger partial charge in [-0.05, 0) is 42.0 Å². The highest BCUT2D eigenvalue weighted by atomic mass is 35.5. The van der Waals surface area contributed by atoms with Crippen LogP contribution < -0.4 is 5.32 Å². The van der Waals surface area contributed by atoms with Gasteiger partial charge < -0.3 is 10.4 Å². The van der Waals surface area contributed by atoms with Crippen LogP contribution in [-0.4, -0.2) is 26.6 Å². The Labute approximate surface area is 161 Å². The molecule has 0 aliphatic rings. The van der Waals surface area contributed by atoms with E-state index in [1.807, 2.05) is 48.5 Å². The molecule has 0 amide bonds. The molecule has 6 heteroatoms. The quantitative estimate of drug-likeness (QED) is 0.537. The number of hydrogen-bond donors (Lipinski definition) is 2. The highest BCUT2D eigenvalue weighted by molar-refractivity contribution is 6.30. The van der Waals surface area contributed by atoms with Gasteiger partial charge in [-0.15, -0.1) is 0 Å². The number of pyridine rings is 1. The van der Waals surface area contributed by atoms with Crippen molar-refractivity contribution in [3.05, 3.63) is 83.6 Å². The number of rotatable bonds is 5. The lowest BCUT2D eigenvalue weighted by Crippen LogP contribution is -2.13. The number of aliphatic hydroxyl groups is 1. The maximum Gasteiger partial charge on any atom is 0.162 e. The van der Waals surface area contributed by atoms with E-state index in [0.29, 0.717) is 23.2 Å². The highest BCUT2D eigenvalue weighted by Crippen LogP contribution is 2.25. The maximum absolute atomic E-state index is 10.5. The van der Waals surface area contributed by atoms with Gasteiger partial charge in [0.2, 0.25) is 0 Å². The molecule has 0 fully saturated rings. The molecule has 2 aromatic heterocycles. The van der Waals surface area contributed by atoms with Crippen molar-refractivity contribution in [2.45, 2.75) is 6.10 Å². The first-order chi connectivity index (χ1) is 13.2. The van der Waals surface area contributed by atoms with Crippen molar-refractivity contribution in [3.8, 4) is 11.4 Å². The summed E-state index contributed by atoms with van der Waals surface area (Å²) in [6.07, 6.45) is 2.75. The Hall–Kier alpha value is -3.02. The minimum absolute atomic E-state index is 0.318. The molecule has 0 aliphatic heterocycles. The summed E-state index contributed by atoms with van der Waals surface area (Å²) in [5.74, 6) is 1.29. The normalized spacial score (nSPS) is 12.1. The van der Waals surface area contributed by atoms with Crippen LogP contribution in [0, 0.1) is 0 Å². The first-order valence-electron chi connectivity index (χ1n) is 8.55. The van der Waals surface area contributed by atoms with Crippen molar-refractivity contribution >= 4 is 28.3 Å². The molecule has 0 radical (unpaired) electrons. The van der Waals surface area contributed by atoms with Crippen molar-refractivity contribution in [1.82, 2.24) is 15.0 Å². The van der Waals surface area contributed by atoms with Gasteiger partial charge in [0.05, 0.1) is 11.6 Å². The fraction of sp³-hybridized carbons (Fsp3) is 0.0952. The van der Waals surface area contributed by atoms with E-state index in [1.165, 1.54) is 0 Å². The number of nitrogens with zero attached hydrogens (tertiary/aromatic N) is 3. The summed E-state index contributed by atoms with van der Waals surface area (Å²) < 4.78 is 0. The van der Waals surface area contributed by atoms with E-state index in [4.69, 9.17) is 11.6 Å². The van der Waals surface area contributed by atoms with E-state index < -0.39 is 6.10 Å². The molecule has 2 heterocycles. The molecule has 27 heavy (non-hydrogen) atoms. The summed E-state index contributed by atoms with van der Waals surface area (Å²) in [4.78, 5) is 13.4. The lowest BCUT2D eigenvalue weighted by molar-refractivity contribution is 0.191. The van der Waals surface area contributed by atoms with Crippen LogP contribution in [0.25, 0.3) is 22.3 Å². The minimum Gasteiger partial charge on any atom is -0.387 e. The van der Waals surface area contributed by atoms with Gasteiger partial charge >= 0.3 is 0 Å². The topological polar surface area (TPSA) is 70.9 Å². The number of hydrogen-bond acceptors (Lipinski definition) is 5. The summed E-state index contributed by atoms with van der Waals surface area (Å²) in [6.45, 7) is 0.318. The van der Waals surface area contributed by atoms with E-state index in [2.05, 4.69) is 20.3 Å². The Bertz CT molecular complexity index is 1050. The Kier molecular flexibility index (Phi) is 4.96. The summed E-state index contributed by atoms with van der Waals surface area (Å²) in [5, 5.41) is 15.3. The fourth-order valence-electron chi connectivity index (χ4n) is 2.84. The highest BCUT2D eigenvalue weighted by Gasteiger charge is 2.12. The molecule has 5 nitrogen and oxygen atoms in total. The van der Waals surface area contributed by atoms with Crippen molar-refractivity contribution < 1.29 is 5.11 Å². The molecule has 1 unspecified atom stereocenters. The van der Waals surface area contributed by atoms with E-state index in [9.17, 15) is 5.11 Å². The number of fused-ring (bicyclic) bond motifs is 1. The molecule has 0 bridgehead atoms. The summed E-state index contributed by atoms with van der Waals surface area (Å²) in [6, 6.07) is 18.7. The van der Waals surface area contributed by atoms with Gasteiger partial charge in [-0.1, -0.05) is 35.9 Å². The zero-order chi connectivity index (χ0) is 18.6. The zero-order valence-corrected chi connectivity index (χ0v) is 15.1. The molecule has 1 atom stereocenters. The Morgan fingerprint density at radius 3 is 2.44 bits per heavy atom. The van der Waals surface area contributed by atoms with Crippen LogP contribution in [0.15, 0.2) is 73.1 Å². The number of para-hydroxylation sites is 1. The molecule has 4 rings (SSSR count). The molecule has 4 aromatic rings. The number of aliphatic hydroxyl groups excluding tert-OH is 1. The van der Waals surface area contributed by atoms with Gasteiger partial charge in [0.1, 0.15) is 5.82 Å². The molecule has 2 aromatic carbocycles. The van der Waals surface area contributed by atoms with Gasteiger partial charge in [0.15, 0.2) is 5.82 Å². The zero-order valence-electron chi connectivity index (χ0n) is 14.4. The largest absolute Gasteiger partial charge is 0.387 e. The van der Waals surface area contributed by atoms with Crippen molar-refractivity contribution in [1.29, 1.82) is 0 Å². The molecule has 0 spiro atoms. The SMILES string of the molecule is OC(CNc1nc(-c2ccncc2)nc2ccccc12)c1ccc(Cl)cc1. The van der Waals surface area contributed by atoms with Gasteiger partial charge in [0, 0.05) is 34.9 Å². The van der Waals surface area contributed by atoms with Crippen LogP contribution in [-0.2, 0) is 0 Å². The summed E-state index contributed by atoms with van der Waals surface area (Å²) >= 11 is 5.91. The minimum atomic E-state index is -0.680. The Balaban J connectivity index is 1.65. The van der Waals surface area contributed by atoms with Crippen LogP contribution in [0.3, 0.4) is 0 Å². The predicted octanol–water partition coefficient (Wildman–Crippen LogP) is 4.49. The van der Waals surface area contributed by atoms with Crippen LogP contribution in [0.2, 0.25) is 5.02 Å². The molecular formula is C21H17ClN4O. The number of aromatic nitrogens is 3. The third-order valence-corrected chi connectivity index (χ3v) is 4.51. The number of anilines is 1. The fourth-order valence-corrected chi connectivity index (χ4v) is 2.96. The third kappa shape index (κ3) is 3.89. The first kappa shape index (κ1) is 17.4. The van der Waals surface area contributed by atoms with Crippen molar-refractivity contribution in [2.75, 3.05) is 11.9 Å². The molecule has 0 saturated carbocycles. The lowest BCUT2D eigenvalue weighted by Gasteiger charge is -2.15. The van der Waals surface area contributed by atoms with Crippen LogP contribution >= 0.6 is 11.6 Å². The van der Waals surface area contributed by atoms with Gasteiger partial charge in [-0.3, -0.25) is 4.98 Å². The maximum atomic E-state index is 10.5. The van der Waals surface area contributed by atoms with E-state index in [-0.39, 0.29) is 0 Å². The van der Waals surface area contributed by atoms with Gasteiger partial charge in [-0.2, -0.15) is 0 Å². The average molecular weight is 377 g/mol. The summed E-state index contributed by atoms with van der Waals surface area (Å²) in [7, 11) is 0. The standard InChI is InChI=1S/C21H17ClN4O/c22-16-7-5-14(6-8-16)19(27)13-24-21-17-3-1-2-4-18(17)25-20(26-21)15-9-11-23-12-10-15/h1-12,19,27H,13H2,(H,24,25,26). The smallest absolute Gasteiger partial charge is 0.162 e. The van der Waals surface area contributed by atoms with Gasteiger partial charge in [-0.25, -0.2) is 9.97 Å². The van der Waals surface area contributed by atoms with Crippen molar-refractivity contribution in [2.24, 2.45) is 0 Å². The van der Waals surface area contributed by atoms with Crippen LogP contribution in [0.4, 0.5) is 5.82 Å². The first-order valence-corrected chi connectivity index (χ1v) is 8.93. The van der Waals surface area contributed by atoms with E-state index in [1.54, 1.807) is 24.5 Å². The molecule has 134 valence electrons. The van der Waals surface area contributed by atoms with Crippen LogP contribution in [0.5, 0.6) is 0 Å². The number of nitrogens with one attached hydrogen (secondary N) is 1. The second-order valence-electron chi connectivity index (χ2n) is 6.10. The van der Waals surface area contributed by atoms with E-state index in [0.717, 1.165) is 22.0 Å². The Morgan fingerprint density at radius 1 is 0.926 bits per heavy atom. The number of halogens is 1. The number of benzene rings is 2. The van der Waals surface area contributed by atoms with Crippen molar-refractivity contribution in [3.63, 3.8) is 0 Å². The Morgan fingerprint density at radius 2 is 1.67 bits per heavy atom. The summed E-state index contributed by atoms with van der Waals surface area (Å²) in [5.41, 5.74) is 2.51. The molecule has 2 N–H and O–H groups in total. The second kappa shape index (κ2) is 7.70. The molecule has 0 aliphatic carbocycles. The van der Waals surface area contributed by atoms with E-state index >= 15 is 0 Å². The average Bonchev–Trinajstić information content (AvgIpc) is 2.72.